The minimum Gasteiger partial charge on any atom is -0.477 e. The number of thiol groups is 1. The molecule has 0 aliphatic heterocycles. The van der Waals surface area contributed by atoms with E-state index in [0.29, 0.717) is 4.88 Å². The van der Waals surface area contributed by atoms with Crippen molar-refractivity contribution in [3.05, 3.63) is 67.8 Å². The summed E-state index contributed by atoms with van der Waals surface area (Å²) in [6.45, 7) is 4.12. The Morgan fingerprint density at radius 2 is 2.00 bits per heavy atom. The normalized spacial score (nSPS) is 10.9. The van der Waals surface area contributed by atoms with Crippen LogP contribution in [-0.2, 0) is 6.42 Å². The molecule has 0 atom stereocenters. The molecule has 2 aromatic rings. The Bertz CT molecular complexity index is 735. The molecule has 2 nitrogen and oxygen atoms in total. The van der Waals surface area contributed by atoms with Gasteiger partial charge in [0.1, 0.15) is 4.88 Å². The molecule has 22 heavy (non-hydrogen) atoms. The Balaban J connectivity index is 2.14. The molecule has 4 heteroatoms. The van der Waals surface area contributed by atoms with Crippen LogP contribution in [0.2, 0.25) is 0 Å². The van der Waals surface area contributed by atoms with Gasteiger partial charge in [0.25, 0.3) is 0 Å². The van der Waals surface area contributed by atoms with Crippen LogP contribution in [0.4, 0.5) is 0 Å². The Labute approximate surface area is 140 Å². The second-order valence-electron chi connectivity index (χ2n) is 5.21. The number of hydrogen-bond acceptors (Lipinski definition) is 3. The summed E-state index contributed by atoms with van der Waals surface area (Å²) in [7, 11) is 0. The van der Waals surface area contributed by atoms with Crippen LogP contribution in [0.25, 0.3) is 12.2 Å². The predicted molar refractivity (Wildman–Crippen MR) is 97.7 cm³/mol. The molecule has 0 spiro atoms. The van der Waals surface area contributed by atoms with Crippen LogP contribution in [0.3, 0.4) is 0 Å². The van der Waals surface area contributed by atoms with E-state index in [0.717, 1.165) is 21.8 Å². The van der Waals surface area contributed by atoms with Crippen LogP contribution in [0.1, 0.15) is 39.5 Å². The summed E-state index contributed by atoms with van der Waals surface area (Å²) in [5, 5.41) is 8.92. The molecular weight excluding hydrogens is 312 g/mol. The number of carboxylic acid groups (broad SMARTS) is 1. The molecule has 0 amide bonds. The van der Waals surface area contributed by atoms with Crippen LogP contribution in [0, 0.1) is 0 Å². The van der Waals surface area contributed by atoms with E-state index in [4.69, 9.17) is 5.11 Å². The number of thiophene rings is 1. The van der Waals surface area contributed by atoms with Gasteiger partial charge in [-0.15, -0.1) is 24.0 Å². The molecule has 0 bridgehead atoms. The first-order chi connectivity index (χ1) is 10.5. The summed E-state index contributed by atoms with van der Waals surface area (Å²) < 4.78 is 0. The van der Waals surface area contributed by atoms with Crippen molar-refractivity contribution in [3.8, 4) is 0 Å². The van der Waals surface area contributed by atoms with Gasteiger partial charge in [-0.05, 0) is 48.1 Å². The topological polar surface area (TPSA) is 37.3 Å². The van der Waals surface area contributed by atoms with E-state index in [-0.39, 0.29) is 0 Å². The first-order valence-electron chi connectivity index (χ1n) is 6.91. The monoisotopic (exact) mass is 330 g/mol. The van der Waals surface area contributed by atoms with Gasteiger partial charge in [-0.25, -0.2) is 4.79 Å². The lowest BCUT2D eigenvalue weighted by molar-refractivity contribution is 0.0702. The minimum atomic E-state index is -0.880. The lowest BCUT2D eigenvalue weighted by Crippen LogP contribution is -1.89. The first kappa shape index (κ1) is 16.6. The van der Waals surface area contributed by atoms with Gasteiger partial charge >= 0.3 is 5.97 Å². The third kappa shape index (κ3) is 4.61. The maximum atomic E-state index is 10.9. The van der Waals surface area contributed by atoms with Crippen LogP contribution in [0.15, 0.2) is 46.9 Å². The number of hydrogen-bond donors (Lipinski definition) is 2. The summed E-state index contributed by atoms with van der Waals surface area (Å²) in [5.74, 6) is -0.880. The number of allylic oxidation sites excluding steroid dienone is 2. The van der Waals surface area contributed by atoms with Gasteiger partial charge in [-0.1, -0.05) is 35.9 Å². The van der Waals surface area contributed by atoms with Gasteiger partial charge in [-0.3, -0.25) is 0 Å². The quantitative estimate of drug-likeness (QED) is 0.722. The maximum absolute atomic E-state index is 10.9. The molecule has 1 aromatic carbocycles. The standard InChI is InChI=1S/C18H18O2S2/c1-12(2)16(21)11-14-5-3-4-13(10-14)6-7-15-8-9-17(22-15)18(19)20/h3-10,21H,11H2,1-2H3,(H,19,20). The first-order valence-corrected chi connectivity index (χ1v) is 8.17. The molecule has 0 unspecified atom stereocenters. The Kier molecular flexibility index (Phi) is 5.63. The Morgan fingerprint density at radius 3 is 2.64 bits per heavy atom. The number of benzene rings is 1. The van der Waals surface area contributed by atoms with Crippen molar-refractivity contribution in [2.75, 3.05) is 0 Å². The zero-order valence-electron chi connectivity index (χ0n) is 12.5. The third-order valence-electron chi connectivity index (χ3n) is 3.18. The SMILES string of the molecule is CC(C)=C(S)Cc1cccc(C=Cc2ccc(C(=O)O)s2)c1. The van der Waals surface area contributed by atoms with Crippen LogP contribution in [-0.4, -0.2) is 11.1 Å². The van der Waals surface area contributed by atoms with Crippen molar-refractivity contribution in [2.45, 2.75) is 20.3 Å². The highest BCUT2D eigenvalue weighted by atomic mass is 32.1. The summed E-state index contributed by atoms with van der Waals surface area (Å²) in [6, 6.07) is 11.7. The second-order valence-corrected chi connectivity index (χ2v) is 6.86. The van der Waals surface area contributed by atoms with Crippen molar-refractivity contribution >= 4 is 42.1 Å². The van der Waals surface area contributed by atoms with Crippen molar-refractivity contribution < 1.29 is 9.90 Å². The number of aromatic carboxylic acids is 1. The van der Waals surface area contributed by atoms with E-state index in [9.17, 15) is 4.79 Å². The predicted octanol–water partition coefficient (Wildman–Crippen LogP) is 5.38. The van der Waals surface area contributed by atoms with Gasteiger partial charge < -0.3 is 5.11 Å². The number of carbonyl (C=O) groups is 1. The van der Waals surface area contributed by atoms with Gasteiger partial charge in [0.2, 0.25) is 0 Å². The van der Waals surface area contributed by atoms with E-state index in [2.05, 4.69) is 38.6 Å². The van der Waals surface area contributed by atoms with Gasteiger partial charge in [0, 0.05) is 11.3 Å². The molecule has 0 fully saturated rings. The molecule has 0 saturated heterocycles. The summed E-state index contributed by atoms with van der Waals surface area (Å²) in [6.07, 6.45) is 4.77. The molecule has 1 heterocycles. The molecule has 0 aliphatic rings. The fraction of sp³-hybridized carbons (Fsp3) is 0.167. The molecule has 2 rings (SSSR count). The number of carboxylic acids is 1. The average molecular weight is 330 g/mol. The smallest absolute Gasteiger partial charge is 0.345 e. The van der Waals surface area contributed by atoms with Gasteiger partial charge in [-0.2, -0.15) is 0 Å². The largest absolute Gasteiger partial charge is 0.477 e. The zero-order valence-corrected chi connectivity index (χ0v) is 14.2. The average Bonchev–Trinajstić information content (AvgIpc) is 2.94. The van der Waals surface area contributed by atoms with E-state index in [1.54, 1.807) is 6.07 Å². The fourth-order valence-electron chi connectivity index (χ4n) is 1.91. The molecule has 1 N–H and O–H groups in total. The lowest BCUT2D eigenvalue weighted by atomic mass is 10.1. The van der Waals surface area contributed by atoms with Crippen molar-refractivity contribution in [3.63, 3.8) is 0 Å². The van der Waals surface area contributed by atoms with Crippen molar-refractivity contribution in [2.24, 2.45) is 0 Å². The highest BCUT2D eigenvalue weighted by Crippen LogP contribution is 2.20. The highest BCUT2D eigenvalue weighted by molar-refractivity contribution is 7.84. The Morgan fingerprint density at radius 1 is 1.23 bits per heavy atom. The van der Waals surface area contributed by atoms with Gasteiger partial charge in [0.15, 0.2) is 0 Å². The molecular formula is C18H18O2S2. The van der Waals surface area contributed by atoms with Crippen LogP contribution >= 0.6 is 24.0 Å². The molecule has 0 saturated carbocycles. The molecule has 1 aromatic heterocycles. The molecule has 114 valence electrons. The third-order valence-corrected chi connectivity index (χ3v) is 4.82. The number of rotatable bonds is 5. The lowest BCUT2D eigenvalue weighted by Gasteiger charge is -2.04. The second kappa shape index (κ2) is 7.47. The molecule has 0 radical (unpaired) electrons. The highest BCUT2D eigenvalue weighted by Gasteiger charge is 2.04. The van der Waals surface area contributed by atoms with E-state index < -0.39 is 5.97 Å². The van der Waals surface area contributed by atoms with Crippen molar-refractivity contribution in [1.29, 1.82) is 0 Å². The van der Waals surface area contributed by atoms with E-state index in [1.165, 1.54) is 22.5 Å². The minimum absolute atomic E-state index is 0.358. The van der Waals surface area contributed by atoms with Crippen LogP contribution < -0.4 is 0 Å². The van der Waals surface area contributed by atoms with Crippen LogP contribution in [0.5, 0.6) is 0 Å². The maximum Gasteiger partial charge on any atom is 0.345 e. The van der Waals surface area contributed by atoms with E-state index in [1.807, 2.05) is 30.4 Å². The summed E-state index contributed by atoms with van der Waals surface area (Å²) in [4.78, 5) is 13.2. The Hall–Kier alpha value is -1.78. The summed E-state index contributed by atoms with van der Waals surface area (Å²) >= 11 is 5.78. The van der Waals surface area contributed by atoms with Gasteiger partial charge in [0.05, 0.1) is 0 Å². The zero-order chi connectivity index (χ0) is 16.1. The molecule has 0 aliphatic carbocycles. The van der Waals surface area contributed by atoms with Crippen molar-refractivity contribution in [1.82, 2.24) is 0 Å². The fourth-order valence-corrected chi connectivity index (χ4v) is 2.84. The van der Waals surface area contributed by atoms with E-state index >= 15 is 0 Å². The summed E-state index contributed by atoms with van der Waals surface area (Å²) in [5.41, 5.74) is 3.53.